The van der Waals surface area contributed by atoms with Crippen molar-refractivity contribution < 1.29 is 18.7 Å². The van der Waals surface area contributed by atoms with E-state index in [1.165, 1.54) is 24.3 Å². The molecule has 0 aromatic heterocycles. The van der Waals surface area contributed by atoms with E-state index in [1.807, 2.05) is 61.5 Å². The van der Waals surface area contributed by atoms with Gasteiger partial charge in [0.25, 0.3) is 5.91 Å². The summed E-state index contributed by atoms with van der Waals surface area (Å²) < 4.78 is 19.6. The molecule has 0 saturated heterocycles. The number of hydrogen-bond acceptors (Lipinski definition) is 4. The van der Waals surface area contributed by atoms with Crippen LogP contribution in [-0.4, -0.2) is 11.7 Å². The van der Waals surface area contributed by atoms with Gasteiger partial charge in [0.1, 0.15) is 18.2 Å². The van der Waals surface area contributed by atoms with Crippen molar-refractivity contribution in [3.8, 4) is 5.75 Å². The Bertz CT molecular complexity index is 1360. The molecule has 1 amide bonds. The fourth-order valence-corrected chi connectivity index (χ4v) is 4.91. The van der Waals surface area contributed by atoms with E-state index in [2.05, 4.69) is 10.6 Å². The van der Waals surface area contributed by atoms with Gasteiger partial charge in [0.05, 0.1) is 5.92 Å². The summed E-state index contributed by atoms with van der Waals surface area (Å²) in [6, 6.07) is 23.0. The summed E-state index contributed by atoms with van der Waals surface area (Å²) in [5, 5.41) is 6.21. The lowest BCUT2D eigenvalue weighted by Crippen LogP contribution is -2.35. The molecule has 3 aromatic rings. The Balaban J connectivity index is 1.55. The molecule has 1 aliphatic carbocycles. The van der Waals surface area contributed by atoms with E-state index in [0.29, 0.717) is 41.3 Å². The molecule has 2 N–H and O–H groups in total. The predicted octanol–water partition coefficient (Wildman–Crippen LogP) is 6.01. The van der Waals surface area contributed by atoms with Gasteiger partial charge in [-0.3, -0.25) is 9.59 Å². The molecule has 1 atom stereocenters. The second kappa shape index (κ2) is 10.2. The summed E-state index contributed by atoms with van der Waals surface area (Å²) in [6.07, 6.45) is 1.96. The van der Waals surface area contributed by atoms with Crippen LogP contribution >= 0.6 is 0 Å². The molecule has 6 heteroatoms. The molecule has 5 rings (SSSR count). The predicted molar refractivity (Wildman–Crippen MR) is 137 cm³/mol. The molecule has 36 heavy (non-hydrogen) atoms. The van der Waals surface area contributed by atoms with Gasteiger partial charge in [-0.1, -0.05) is 48.5 Å². The van der Waals surface area contributed by atoms with Crippen molar-refractivity contribution in [1.29, 1.82) is 0 Å². The third-order valence-electron chi connectivity index (χ3n) is 6.59. The van der Waals surface area contributed by atoms with Crippen LogP contribution in [0.3, 0.4) is 0 Å². The normalized spacial score (nSPS) is 17.4. The third kappa shape index (κ3) is 4.80. The lowest BCUT2D eigenvalue weighted by molar-refractivity contribution is -0.116. The van der Waals surface area contributed by atoms with Crippen LogP contribution in [0, 0.1) is 5.82 Å². The minimum atomic E-state index is -0.582. The molecule has 0 spiro atoms. The van der Waals surface area contributed by atoms with Crippen molar-refractivity contribution in [2.45, 2.75) is 38.7 Å². The Labute approximate surface area is 209 Å². The second-order valence-electron chi connectivity index (χ2n) is 9.04. The highest BCUT2D eigenvalue weighted by atomic mass is 19.1. The van der Waals surface area contributed by atoms with Gasteiger partial charge in [-0.05, 0) is 55.7 Å². The van der Waals surface area contributed by atoms with E-state index in [1.54, 1.807) is 0 Å². The number of ether oxygens (including phenoxy) is 1. The monoisotopic (exact) mass is 482 g/mol. The lowest BCUT2D eigenvalue weighted by atomic mass is 9.74. The van der Waals surface area contributed by atoms with Crippen molar-refractivity contribution in [3.63, 3.8) is 0 Å². The molecule has 182 valence electrons. The minimum Gasteiger partial charge on any atom is -0.489 e. The van der Waals surface area contributed by atoms with E-state index in [0.717, 1.165) is 29.7 Å². The number of para-hydroxylation sites is 1. The topological polar surface area (TPSA) is 67.4 Å². The molecule has 1 heterocycles. The van der Waals surface area contributed by atoms with Crippen LogP contribution < -0.4 is 15.4 Å². The zero-order valence-corrected chi connectivity index (χ0v) is 20.0. The van der Waals surface area contributed by atoms with Crippen LogP contribution in [-0.2, 0) is 16.2 Å². The van der Waals surface area contributed by atoms with Gasteiger partial charge in [-0.25, -0.2) is 4.39 Å². The van der Waals surface area contributed by atoms with Gasteiger partial charge in [0.15, 0.2) is 5.78 Å². The number of hydrogen-bond donors (Lipinski definition) is 2. The van der Waals surface area contributed by atoms with Gasteiger partial charge < -0.3 is 15.4 Å². The Morgan fingerprint density at radius 1 is 1.00 bits per heavy atom. The van der Waals surface area contributed by atoms with E-state index in [9.17, 15) is 14.0 Å². The van der Waals surface area contributed by atoms with E-state index >= 15 is 0 Å². The van der Waals surface area contributed by atoms with Gasteiger partial charge in [0.2, 0.25) is 0 Å². The number of rotatable bonds is 6. The van der Waals surface area contributed by atoms with Crippen LogP contribution in [0.4, 0.5) is 10.1 Å². The summed E-state index contributed by atoms with van der Waals surface area (Å²) in [5.41, 5.74) is 4.88. The maximum Gasteiger partial charge on any atom is 0.254 e. The quantitative estimate of drug-likeness (QED) is 0.452. The number of anilines is 1. The Hall–Kier alpha value is -4.19. The van der Waals surface area contributed by atoms with Gasteiger partial charge >= 0.3 is 0 Å². The number of benzene rings is 3. The maximum absolute atomic E-state index is 13.6. The largest absolute Gasteiger partial charge is 0.489 e. The zero-order chi connectivity index (χ0) is 25.1. The van der Waals surface area contributed by atoms with Crippen molar-refractivity contribution in [3.05, 3.63) is 118 Å². The molecule has 3 aromatic carbocycles. The number of ketones is 1. The van der Waals surface area contributed by atoms with Crippen LogP contribution in [0.25, 0.3) is 0 Å². The summed E-state index contributed by atoms with van der Waals surface area (Å²) in [4.78, 5) is 26.9. The zero-order valence-electron chi connectivity index (χ0n) is 20.0. The fourth-order valence-electron chi connectivity index (χ4n) is 4.91. The molecule has 0 fully saturated rings. The van der Waals surface area contributed by atoms with Crippen molar-refractivity contribution in [1.82, 2.24) is 5.32 Å². The highest BCUT2D eigenvalue weighted by molar-refractivity contribution is 6.09. The first-order valence-electron chi connectivity index (χ1n) is 12.1. The highest BCUT2D eigenvalue weighted by Gasteiger charge is 2.39. The summed E-state index contributed by atoms with van der Waals surface area (Å²) in [7, 11) is 0. The second-order valence-corrected chi connectivity index (χ2v) is 9.04. The van der Waals surface area contributed by atoms with Crippen LogP contribution in [0.5, 0.6) is 5.75 Å². The number of carbonyl (C=O) groups excluding carboxylic acids is 2. The molecule has 0 bridgehead atoms. The highest BCUT2D eigenvalue weighted by Crippen LogP contribution is 2.45. The first-order chi connectivity index (χ1) is 17.5. The third-order valence-corrected chi connectivity index (χ3v) is 6.59. The molecule has 1 aliphatic heterocycles. The first-order valence-corrected chi connectivity index (χ1v) is 12.1. The number of amides is 1. The fraction of sp³-hybridized carbons (Fsp3) is 0.200. The SMILES string of the molecule is CC1=C(C(=O)Nc2ccc(F)cc2)[C@H](c2ccccc2OCc2ccccc2)C2=C(CCCC2=O)N1. The molecule has 0 unspecified atom stereocenters. The van der Waals surface area contributed by atoms with Crippen molar-refractivity contribution >= 4 is 17.4 Å². The first kappa shape index (κ1) is 23.5. The number of carbonyl (C=O) groups is 2. The number of allylic oxidation sites excluding steroid dienone is 3. The number of nitrogens with one attached hydrogen (secondary N) is 2. The standard InChI is InChI=1S/C30H27FN2O3/c1-19-27(30(35)33-22-16-14-21(31)15-17-22)28(29-24(32-19)11-7-12-25(29)34)23-10-5-6-13-26(23)36-18-20-8-3-2-4-9-20/h2-6,8-10,13-17,28,32H,7,11-12,18H2,1H3,(H,33,35)/t28-/m0/s1. The number of dihydropyridines is 1. The maximum atomic E-state index is 13.6. The molecular weight excluding hydrogens is 455 g/mol. The lowest BCUT2D eigenvalue weighted by Gasteiger charge is -2.35. The van der Waals surface area contributed by atoms with Gasteiger partial charge in [-0.2, -0.15) is 0 Å². The molecule has 2 aliphatic rings. The van der Waals surface area contributed by atoms with E-state index in [4.69, 9.17) is 4.74 Å². The van der Waals surface area contributed by atoms with Crippen LogP contribution in [0.1, 0.15) is 43.2 Å². The molecule has 0 saturated carbocycles. The molecule has 5 nitrogen and oxygen atoms in total. The van der Waals surface area contributed by atoms with Gasteiger partial charge in [-0.15, -0.1) is 0 Å². The Morgan fingerprint density at radius 2 is 1.72 bits per heavy atom. The van der Waals surface area contributed by atoms with Crippen LogP contribution in [0.2, 0.25) is 0 Å². The Kier molecular flexibility index (Phi) is 6.67. The molecule has 0 radical (unpaired) electrons. The summed E-state index contributed by atoms with van der Waals surface area (Å²) in [6.45, 7) is 2.21. The summed E-state index contributed by atoms with van der Waals surface area (Å²) >= 11 is 0. The smallest absolute Gasteiger partial charge is 0.254 e. The van der Waals surface area contributed by atoms with E-state index in [-0.39, 0.29) is 17.5 Å². The van der Waals surface area contributed by atoms with E-state index < -0.39 is 5.92 Å². The number of Topliss-reactive ketones (excluding diaryl/α,β-unsaturated/α-hetero) is 1. The minimum absolute atomic E-state index is 0.0335. The molecular formula is C30H27FN2O3. The average Bonchev–Trinajstić information content (AvgIpc) is 2.89. The van der Waals surface area contributed by atoms with Crippen LogP contribution in [0.15, 0.2) is 101 Å². The van der Waals surface area contributed by atoms with Crippen molar-refractivity contribution in [2.75, 3.05) is 5.32 Å². The Morgan fingerprint density at radius 3 is 2.50 bits per heavy atom. The number of halogens is 1. The van der Waals surface area contributed by atoms with Gasteiger partial charge in [0, 0.05) is 40.2 Å². The van der Waals surface area contributed by atoms with Crippen molar-refractivity contribution in [2.24, 2.45) is 0 Å². The summed E-state index contributed by atoms with van der Waals surface area (Å²) in [5.74, 6) is -0.655. The average molecular weight is 483 g/mol.